The number of hydrogen-bond donors (Lipinski definition) is 0. The van der Waals surface area contributed by atoms with Crippen LogP contribution in [0.5, 0.6) is 0 Å². The molecule has 178 valence electrons. The van der Waals surface area contributed by atoms with Gasteiger partial charge < -0.3 is 0 Å². The lowest BCUT2D eigenvalue weighted by Crippen LogP contribution is -1.95. The molecule has 3 heteroatoms. The zero-order chi connectivity index (χ0) is 25.3. The van der Waals surface area contributed by atoms with E-state index in [-0.39, 0.29) is 0 Å². The van der Waals surface area contributed by atoms with Crippen LogP contribution in [0.4, 0.5) is 0 Å². The van der Waals surface area contributed by atoms with Gasteiger partial charge >= 0.3 is 0 Å². The van der Waals surface area contributed by atoms with Crippen LogP contribution in [0.2, 0.25) is 0 Å². The first-order chi connectivity index (χ1) is 18.8. The summed E-state index contributed by atoms with van der Waals surface area (Å²) >= 11 is 0. The topological polar surface area (TPSA) is 38.7 Å². The van der Waals surface area contributed by atoms with Crippen molar-refractivity contribution in [2.24, 2.45) is 0 Å². The Morgan fingerprint density at radius 2 is 0.974 bits per heavy atom. The molecule has 3 nitrogen and oxygen atoms in total. The van der Waals surface area contributed by atoms with Gasteiger partial charge in [0.2, 0.25) is 0 Å². The first-order valence-electron chi connectivity index (χ1n) is 12.7. The molecule has 0 saturated carbocycles. The summed E-state index contributed by atoms with van der Waals surface area (Å²) in [5.74, 6) is 1.33. The summed E-state index contributed by atoms with van der Waals surface area (Å²) in [6.45, 7) is 0. The van der Waals surface area contributed by atoms with Gasteiger partial charge in [0.05, 0.1) is 0 Å². The molecule has 1 aromatic heterocycles. The lowest BCUT2D eigenvalue weighted by molar-refractivity contribution is 1.07. The molecule has 1 heterocycles. The third kappa shape index (κ3) is 4.10. The second-order valence-electron chi connectivity index (χ2n) is 9.38. The fourth-order valence-corrected chi connectivity index (χ4v) is 5.07. The van der Waals surface area contributed by atoms with Crippen molar-refractivity contribution in [2.45, 2.75) is 0 Å². The van der Waals surface area contributed by atoms with Gasteiger partial charge in [0.1, 0.15) is 6.33 Å². The molecule has 0 unspecified atom stereocenters. The zero-order valence-electron chi connectivity index (χ0n) is 20.6. The van der Waals surface area contributed by atoms with Gasteiger partial charge in [0.15, 0.2) is 11.6 Å². The van der Waals surface area contributed by atoms with Crippen molar-refractivity contribution >= 4 is 21.5 Å². The molecule has 0 N–H and O–H groups in total. The molecule has 0 fully saturated rings. The van der Waals surface area contributed by atoms with E-state index < -0.39 is 0 Å². The smallest absolute Gasteiger partial charge is 0.163 e. The van der Waals surface area contributed by atoms with Gasteiger partial charge in [-0.05, 0) is 62.0 Å². The van der Waals surface area contributed by atoms with Gasteiger partial charge in [-0.3, -0.25) is 0 Å². The fourth-order valence-electron chi connectivity index (χ4n) is 5.07. The molecule has 0 bridgehead atoms. The molecular formula is C35H23N3. The minimum atomic E-state index is 0.664. The van der Waals surface area contributed by atoms with Gasteiger partial charge in [0.25, 0.3) is 0 Å². The van der Waals surface area contributed by atoms with Gasteiger partial charge in [-0.15, -0.1) is 0 Å². The van der Waals surface area contributed by atoms with E-state index in [1.807, 2.05) is 6.07 Å². The molecule has 0 aliphatic rings. The van der Waals surface area contributed by atoms with Gasteiger partial charge in [0, 0.05) is 11.1 Å². The first-order valence-corrected chi connectivity index (χ1v) is 12.7. The van der Waals surface area contributed by atoms with Crippen LogP contribution < -0.4 is 0 Å². The van der Waals surface area contributed by atoms with E-state index in [0.717, 1.165) is 22.1 Å². The average Bonchev–Trinajstić information content (AvgIpc) is 3.01. The van der Waals surface area contributed by atoms with E-state index in [1.165, 1.54) is 32.8 Å². The first kappa shape index (κ1) is 22.1. The highest BCUT2D eigenvalue weighted by Gasteiger charge is 2.10. The van der Waals surface area contributed by atoms with E-state index in [1.54, 1.807) is 6.33 Å². The minimum absolute atomic E-state index is 0.664. The molecule has 0 saturated heterocycles. The molecule has 0 radical (unpaired) electrons. The van der Waals surface area contributed by atoms with Crippen molar-refractivity contribution in [3.63, 3.8) is 0 Å². The summed E-state index contributed by atoms with van der Waals surface area (Å²) in [7, 11) is 0. The summed E-state index contributed by atoms with van der Waals surface area (Å²) in [4.78, 5) is 13.9. The van der Waals surface area contributed by atoms with Crippen LogP contribution in [0.1, 0.15) is 0 Å². The monoisotopic (exact) mass is 485 g/mol. The van der Waals surface area contributed by atoms with Crippen molar-refractivity contribution in [2.75, 3.05) is 0 Å². The highest BCUT2D eigenvalue weighted by atomic mass is 15.0. The Labute approximate surface area is 221 Å². The van der Waals surface area contributed by atoms with E-state index >= 15 is 0 Å². The Morgan fingerprint density at radius 1 is 0.368 bits per heavy atom. The highest BCUT2D eigenvalue weighted by molar-refractivity contribution is 5.97. The number of fused-ring (bicyclic) bond motifs is 2. The van der Waals surface area contributed by atoms with E-state index in [9.17, 15) is 0 Å². The lowest BCUT2D eigenvalue weighted by atomic mass is 9.97. The van der Waals surface area contributed by atoms with Crippen LogP contribution in [0.15, 0.2) is 140 Å². The Hall–Kier alpha value is -5.15. The quantitative estimate of drug-likeness (QED) is 0.250. The van der Waals surface area contributed by atoms with Crippen LogP contribution in [0.25, 0.3) is 66.6 Å². The van der Waals surface area contributed by atoms with Crippen molar-refractivity contribution in [1.82, 2.24) is 15.0 Å². The van der Waals surface area contributed by atoms with Crippen LogP contribution >= 0.6 is 0 Å². The van der Waals surface area contributed by atoms with Gasteiger partial charge in [-0.1, -0.05) is 115 Å². The van der Waals surface area contributed by atoms with Gasteiger partial charge in [-0.2, -0.15) is 0 Å². The largest absolute Gasteiger partial charge is 0.217 e. The summed E-state index contributed by atoms with van der Waals surface area (Å²) < 4.78 is 0. The van der Waals surface area contributed by atoms with Gasteiger partial charge in [-0.25, -0.2) is 15.0 Å². The third-order valence-corrected chi connectivity index (χ3v) is 7.00. The van der Waals surface area contributed by atoms with Crippen LogP contribution in [-0.2, 0) is 0 Å². The summed E-state index contributed by atoms with van der Waals surface area (Å²) in [5, 5.41) is 4.80. The highest BCUT2D eigenvalue weighted by Crippen LogP contribution is 2.32. The number of aromatic nitrogens is 3. The number of nitrogens with zero attached hydrogens (tertiary/aromatic N) is 3. The number of benzene rings is 6. The standard InChI is InChI=1S/C35H23N3/c1-2-8-24(9-3-1)26-16-17-28-21-31(19-18-27(28)20-26)35-37-23-36-34(38-35)30-13-6-12-29(22-30)33-15-7-11-25-10-4-5-14-32(25)33/h1-23H. The molecular weight excluding hydrogens is 462 g/mol. The Kier molecular flexibility index (Phi) is 5.45. The Bertz CT molecular complexity index is 1920. The Balaban J connectivity index is 1.24. The number of hydrogen-bond acceptors (Lipinski definition) is 3. The molecule has 0 atom stereocenters. The maximum absolute atomic E-state index is 4.86. The molecule has 0 aliphatic heterocycles. The van der Waals surface area contributed by atoms with Crippen molar-refractivity contribution in [3.05, 3.63) is 140 Å². The summed E-state index contributed by atoms with van der Waals surface area (Å²) in [5.41, 5.74) is 6.70. The SMILES string of the molecule is c1ccc(-c2ccc3cc(-c4ncnc(-c5cccc(-c6cccc7ccccc67)c5)n4)ccc3c2)cc1. The molecule has 6 aromatic carbocycles. The van der Waals surface area contributed by atoms with Crippen molar-refractivity contribution < 1.29 is 0 Å². The molecule has 7 aromatic rings. The van der Waals surface area contributed by atoms with Crippen molar-refractivity contribution in [3.8, 4) is 45.0 Å². The predicted molar refractivity (Wildman–Crippen MR) is 157 cm³/mol. The molecule has 0 spiro atoms. The Morgan fingerprint density at radius 3 is 1.82 bits per heavy atom. The lowest BCUT2D eigenvalue weighted by Gasteiger charge is -2.09. The average molecular weight is 486 g/mol. The molecule has 38 heavy (non-hydrogen) atoms. The van der Waals surface area contributed by atoms with E-state index in [4.69, 9.17) is 4.98 Å². The van der Waals surface area contributed by atoms with Crippen LogP contribution in [-0.4, -0.2) is 15.0 Å². The van der Waals surface area contributed by atoms with E-state index in [0.29, 0.717) is 11.6 Å². The van der Waals surface area contributed by atoms with E-state index in [2.05, 4.69) is 137 Å². The zero-order valence-corrected chi connectivity index (χ0v) is 20.6. The molecule has 0 aliphatic carbocycles. The summed E-state index contributed by atoms with van der Waals surface area (Å²) in [6.07, 6.45) is 1.60. The maximum atomic E-state index is 4.86. The van der Waals surface area contributed by atoms with Crippen LogP contribution in [0, 0.1) is 0 Å². The molecule has 0 amide bonds. The fraction of sp³-hybridized carbons (Fsp3) is 0. The minimum Gasteiger partial charge on any atom is -0.217 e. The normalized spacial score (nSPS) is 11.2. The predicted octanol–water partition coefficient (Wildman–Crippen LogP) is 8.85. The maximum Gasteiger partial charge on any atom is 0.163 e. The summed E-state index contributed by atoms with van der Waals surface area (Å²) in [6, 6.07) is 46.7. The molecule has 7 rings (SSSR count). The van der Waals surface area contributed by atoms with Crippen LogP contribution in [0.3, 0.4) is 0 Å². The second kappa shape index (κ2) is 9.38. The second-order valence-corrected chi connectivity index (χ2v) is 9.38. The number of rotatable bonds is 4. The van der Waals surface area contributed by atoms with Crippen molar-refractivity contribution in [1.29, 1.82) is 0 Å². The third-order valence-electron chi connectivity index (χ3n) is 7.00.